The molecule has 0 bridgehead atoms. The summed E-state index contributed by atoms with van der Waals surface area (Å²) >= 11 is 8.88. The van der Waals surface area contributed by atoms with Crippen molar-refractivity contribution in [2.24, 2.45) is 11.3 Å². The summed E-state index contributed by atoms with van der Waals surface area (Å²) in [5, 5.41) is 1.51. The molecule has 0 aromatic heterocycles. The molecule has 0 amide bonds. The maximum absolute atomic E-state index is 7.05. The number of fused-ring (bicyclic) bond motifs is 5. The molecule has 0 fully saturated rings. The van der Waals surface area contributed by atoms with Crippen LogP contribution < -0.4 is 6.54 Å². The van der Waals surface area contributed by atoms with Gasteiger partial charge >= 0.3 is 332 Å². The van der Waals surface area contributed by atoms with Crippen molar-refractivity contribution < 1.29 is 18.3 Å². The van der Waals surface area contributed by atoms with Crippen molar-refractivity contribution in [3.05, 3.63) is 147 Å². The first-order chi connectivity index (χ1) is 24.8. The Morgan fingerprint density at radius 1 is 0.764 bits per heavy atom. The molecule has 5 heteroatoms. The van der Waals surface area contributed by atoms with Gasteiger partial charge in [0, 0.05) is 0 Å². The van der Waals surface area contributed by atoms with E-state index in [1.807, 2.05) is 12.1 Å². The maximum atomic E-state index is 7.05. The quantitative estimate of drug-likeness (QED) is 0.159. The van der Waals surface area contributed by atoms with E-state index in [2.05, 4.69) is 148 Å². The molecule has 1 atom stereocenters. The summed E-state index contributed by atoms with van der Waals surface area (Å²) in [6.07, 6.45) is 10.7. The van der Waals surface area contributed by atoms with Crippen LogP contribution in [-0.4, -0.2) is 4.21 Å². The Labute approximate surface area is 353 Å². The fraction of sp³-hybridized carbons (Fsp3) is 0.340. The van der Waals surface area contributed by atoms with Crippen LogP contribution in [0.25, 0.3) is 22.3 Å². The van der Waals surface area contributed by atoms with Gasteiger partial charge in [0.05, 0.1) is 0 Å². The summed E-state index contributed by atoms with van der Waals surface area (Å²) in [7, 11) is 0. The Balaban J connectivity index is 0.00000257. The van der Waals surface area contributed by atoms with Crippen LogP contribution in [-0.2, 0) is 35.5 Å². The molecular weight excluding hydrogens is 834 g/mol. The first-order valence-corrected chi connectivity index (χ1v) is 27.0. The molecule has 0 saturated heterocycles. The van der Waals surface area contributed by atoms with Gasteiger partial charge in [0.25, 0.3) is 0 Å². The van der Waals surface area contributed by atoms with Crippen molar-refractivity contribution in [3.8, 4) is 11.1 Å². The summed E-state index contributed by atoms with van der Waals surface area (Å²) in [6, 6.07) is 27.6. The van der Waals surface area contributed by atoms with Crippen molar-refractivity contribution in [1.82, 2.24) is 0 Å². The minimum absolute atomic E-state index is 0. The third-order valence-electron chi connectivity index (χ3n) is 13.6. The zero-order chi connectivity index (χ0) is 38.1. The molecule has 0 saturated carbocycles. The number of rotatable bonds is 6. The van der Waals surface area contributed by atoms with Gasteiger partial charge in [-0.1, -0.05) is 0 Å². The molecular formula is C50H56Cl4Zr. The Morgan fingerprint density at radius 2 is 1.31 bits per heavy atom. The predicted octanol–water partition coefficient (Wildman–Crippen LogP) is 14.2. The molecule has 4 aliphatic carbocycles. The van der Waals surface area contributed by atoms with Gasteiger partial charge in [-0.3, -0.25) is 0 Å². The number of benzene rings is 4. The Morgan fingerprint density at radius 3 is 1.84 bits per heavy atom. The molecule has 4 aromatic rings. The van der Waals surface area contributed by atoms with Gasteiger partial charge in [-0.15, -0.1) is 24.8 Å². The van der Waals surface area contributed by atoms with Crippen molar-refractivity contribution in [1.29, 1.82) is 0 Å². The third kappa shape index (κ3) is 6.03. The van der Waals surface area contributed by atoms with Gasteiger partial charge in [-0.25, -0.2) is 0 Å². The molecule has 288 valence electrons. The van der Waals surface area contributed by atoms with Crippen molar-refractivity contribution in [3.63, 3.8) is 0 Å². The van der Waals surface area contributed by atoms with Crippen molar-refractivity contribution >= 4 is 69.9 Å². The molecule has 0 N–H and O–H groups in total. The van der Waals surface area contributed by atoms with E-state index in [9.17, 15) is 0 Å². The van der Waals surface area contributed by atoms with Gasteiger partial charge < -0.3 is 0 Å². The van der Waals surface area contributed by atoms with Gasteiger partial charge in [0.1, 0.15) is 0 Å². The SMILES string of the molecule is Cl.Cl.[CH2]=[Zr]([C]1=CC(C(C)(C)C)=CC1CCC)([C]1=C(C)c2cc3c(cc2C1(C)C)Cc1cc2c(cc1-3)C(C)=CC2(C)C)([c]1cccc(Cl)c1)[c]1cccc(Cl)c1. The van der Waals surface area contributed by atoms with E-state index in [0.29, 0.717) is 0 Å². The van der Waals surface area contributed by atoms with Crippen LogP contribution in [0.2, 0.25) is 10.0 Å². The molecule has 0 aliphatic heterocycles. The monoisotopic (exact) mass is 886 g/mol. The van der Waals surface area contributed by atoms with Crippen LogP contribution in [0.4, 0.5) is 0 Å². The molecule has 0 radical (unpaired) electrons. The number of hydrogen-bond acceptors (Lipinski definition) is 0. The zero-order valence-electron chi connectivity index (χ0n) is 34.1. The van der Waals surface area contributed by atoms with E-state index in [4.69, 9.17) is 27.4 Å². The Bertz CT molecular complexity index is 2430. The van der Waals surface area contributed by atoms with Crippen LogP contribution >= 0.6 is 48.0 Å². The fourth-order valence-electron chi connectivity index (χ4n) is 11.3. The summed E-state index contributed by atoms with van der Waals surface area (Å²) in [5.74, 6) is 0.273. The number of halogens is 4. The second kappa shape index (κ2) is 14.0. The second-order valence-corrected chi connectivity index (χ2v) is 32.3. The average molecular weight is 890 g/mol. The first-order valence-electron chi connectivity index (χ1n) is 19.6. The van der Waals surface area contributed by atoms with Crippen LogP contribution in [0.5, 0.6) is 0 Å². The normalized spacial score (nSPS) is 19.1. The first kappa shape index (κ1) is 42.4. The summed E-state index contributed by atoms with van der Waals surface area (Å²) in [6.45, 7) is 23.7. The molecule has 4 aliphatic rings. The van der Waals surface area contributed by atoms with Crippen molar-refractivity contribution in [2.75, 3.05) is 0 Å². The predicted molar refractivity (Wildman–Crippen MR) is 245 cm³/mol. The summed E-state index contributed by atoms with van der Waals surface area (Å²) < 4.78 is 11.5. The van der Waals surface area contributed by atoms with E-state index in [1.54, 1.807) is 0 Å². The minimum atomic E-state index is -5.22. The summed E-state index contributed by atoms with van der Waals surface area (Å²) in [4.78, 5) is 0. The van der Waals surface area contributed by atoms with E-state index in [-0.39, 0.29) is 47.0 Å². The topological polar surface area (TPSA) is 0 Å². The summed E-state index contributed by atoms with van der Waals surface area (Å²) in [5.41, 5.74) is 15.3. The number of allylic oxidation sites excluding steroid dienone is 8. The molecule has 0 nitrogen and oxygen atoms in total. The molecule has 0 heterocycles. The zero-order valence-corrected chi connectivity index (χ0v) is 39.7. The van der Waals surface area contributed by atoms with Crippen molar-refractivity contribution in [2.45, 2.75) is 99.3 Å². The van der Waals surface area contributed by atoms with E-state index >= 15 is 0 Å². The van der Waals surface area contributed by atoms with Gasteiger partial charge in [0.15, 0.2) is 0 Å². The number of hydrogen-bond donors (Lipinski definition) is 0. The van der Waals surface area contributed by atoms with Crippen LogP contribution in [0.1, 0.15) is 115 Å². The van der Waals surface area contributed by atoms with E-state index in [0.717, 1.165) is 29.3 Å². The van der Waals surface area contributed by atoms with Crippen LogP contribution in [0.3, 0.4) is 0 Å². The van der Waals surface area contributed by atoms with Gasteiger partial charge in [-0.05, 0) is 0 Å². The average Bonchev–Trinajstić information content (AvgIpc) is 3.79. The van der Waals surface area contributed by atoms with Gasteiger partial charge in [0.2, 0.25) is 0 Å². The standard InChI is InChI=1S/C25H25.C12H19.2C6H4Cl.CH2.2ClH.Zr/c1-14-12-24(3,4)22-8-16-7-17-9-23-19(15(2)13-25(23,5)6)11-21(17)20(16)10-18(14)22;1-5-6-10-7-8-11(9-10)12(2,3)4;2*7-6-4-2-1-3-5-6;;;;/h8-12H,7H2,1-6H3;8-10H,5-6H2,1-4H3;2*1-2,4-5H;1H2;2*1H;. The molecule has 1 unspecified atom stereocenters. The van der Waals surface area contributed by atoms with Crippen LogP contribution in [0.15, 0.2) is 103 Å². The second-order valence-electron chi connectivity index (χ2n) is 18.8. The van der Waals surface area contributed by atoms with Gasteiger partial charge in [-0.2, -0.15) is 0 Å². The molecule has 55 heavy (non-hydrogen) atoms. The fourth-order valence-corrected chi connectivity index (χ4v) is 31.2. The third-order valence-corrected chi connectivity index (χ3v) is 31.4. The van der Waals surface area contributed by atoms with E-state index < -0.39 is 18.3 Å². The Kier molecular flexibility index (Phi) is 10.7. The van der Waals surface area contributed by atoms with Crippen LogP contribution in [0, 0.1) is 11.3 Å². The Hall–Kier alpha value is -2.25. The molecule has 4 aromatic carbocycles. The van der Waals surface area contributed by atoms with E-state index in [1.165, 1.54) is 74.3 Å². The molecule has 8 rings (SSSR count). The molecule has 0 spiro atoms.